The van der Waals surface area contributed by atoms with Crippen LogP contribution in [0.2, 0.25) is 0 Å². The van der Waals surface area contributed by atoms with Crippen LogP contribution in [0.25, 0.3) is 11.1 Å². The second kappa shape index (κ2) is 12.0. The highest BCUT2D eigenvalue weighted by Crippen LogP contribution is 2.54. The zero-order valence-corrected chi connectivity index (χ0v) is 20.0. The summed E-state index contributed by atoms with van der Waals surface area (Å²) in [5, 5.41) is 0. The molecule has 3 rings (SSSR count). The van der Waals surface area contributed by atoms with E-state index in [1.165, 1.54) is 27.8 Å². The minimum atomic E-state index is 0.697. The molecule has 170 valence electrons. The van der Waals surface area contributed by atoms with Gasteiger partial charge in [-0.25, -0.2) is 0 Å². The molecule has 0 aromatic heterocycles. The van der Waals surface area contributed by atoms with Gasteiger partial charge < -0.3 is 14.2 Å². The predicted octanol–water partition coefficient (Wildman–Crippen LogP) is 7.75. The van der Waals surface area contributed by atoms with Crippen LogP contribution >= 0.6 is 0 Å². The number of ether oxygens (including phenoxy) is 3. The quantitative estimate of drug-likeness (QED) is 0.248. The van der Waals surface area contributed by atoms with Crippen LogP contribution in [0.15, 0.2) is 24.3 Å². The Balaban J connectivity index is 2.17. The maximum absolute atomic E-state index is 6.47. The van der Waals surface area contributed by atoms with Crippen molar-refractivity contribution in [2.24, 2.45) is 0 Å². The van der Waals surface area contributed by atoms with Gasteiger partial charge >= 0.3 is 0 Å². The fourth-order valence-electron chi connectivity index (χ4n) is 4.27. The van der Waals surface area contributed by atoms with E-state index in [0.29, 0.717) is 19.8 Å². The highest BCUT2D eigenvalue weighted by molar-refractivity contribution is 5.86. The molecule has 31 heavy (non-hydrogen) atoms. The Kier molecular flexibility index (Phi) is 9.12. The lowest BCUT2D eigenvalue weighted by Crippen LogP contribution is -2.10. The summed E-state index contributed by atoms with van der Waals surface area (Å²) in [7, 11) is 0. The zero-order chi connectivity index (χ0) is 22.1. The number of hydrogen-bond donors (Lipinski definition) is 0. The summed E-state index contributed by atoms with van der Waals surface area (Å²) >= 11 is 0. The van der Waals surface area contributed by atoms with Crippen LogP contribution in [-0.2, 0) is 12.8 Å². The standard InChI is InChI=1S/C28H40O3/c1-5-9-17-29-26-23(14-8-4)25-22-16-13-12-15-21(22)20-24(25)27(30-18-10-6-2)28(26)31-19-11-7-3/h12-13,15-16H,5-11,14,17-20H2,1-4H3. The fourth-order valence-corrected chi connectivity index (χ4v) is 4.27. The monoisotopic (exact) mass is 424 g/mol. The summed E-state index contributed by atoms with van der Waals surface area (Å²) in [6.07, 6.45) is 9.41. The third kappa shape index (κ3) is 5.37. The van der Waals surface area contributed by atoms with Crippen LogP contribution in [0.4, 0.5) is 0 Å². The number of benzene rings is 2. The Hall–Kier alpha value is -2.16. The molecule has 0 radical (unpaired) electrons. The Morgan fingerprint density at radius 1 is 0.677 bits per heavy atom. The van der Waals surface area contributed by atoms with Crippen molar-refractivity contribution in [3.05, 3.63) is 41.0 Å². The summed E-state index contributed by atoms with van der Waals surface area (Å²) in [4.78, 5) is 0. The highest BCUT2D eigenvalue weighted by atomic mass is 16.5. The molecule has 0 fully saturated rings. The van der Waals surface area contributed by atoms with E-state index < -0.39 is 0 Å². The van der Waals surface area contributed by atoms with E-state index in [9.17, 15) is 0 Å². The Morgan fingerprint density at radius 3 is 1.87 bits per heavy atom. The average molecular weight is 425 g/mol. The molecule has 0 unspecified atom stereocenters. The first-order chi connectivity index (χ1) is 15.3. The van der Waals surface area contributed by atoms with Gasteiger partial charge in [0.05, 0.1) is 19.8 Å². The second-order valence-electron chi connectivity index (χ2n) is 8.51. The highest BCUT2D eigenvalue weighted by Gasteiger charge is 2.32. The van der Waals surface area contributed by atoms with E-state index >= 15 is 0 Å². The number of hydrogen-bond acceptors (Lipinski definition) is 3. The van der Waals surface area contributed by atoms with Crippen molar-refractivity contribution in [1.82, 2.24) is 0 Å². The van der Waals surface area contributed by atoms with Crippen LogP contribution in [-0.4, -0.2) is 19.8 Å². The van der Waals surface area contributed by atoms with Crippen molar-refractivity contribution < 1.29 is 14.2 Å². The van der Waals surface area contributed by atoms with Gasteiger partial charge in [0.1, 0.15) is 0 Å². The van der Waals surface area contributed by atoms with Crippen molar-refractivity contribution in [2.75, 3.05) is 19.8 Å². The maximum Gasteiger partial charge on any atom is 0.204 e. The third-order valence-corrected chi connectivity index (χ3v) is 5.95. The Morgan fingerprint density at radius 2 is 1.26 bits per heavy atom. The molecule has 0 saturated carbocycles. The van der Waals surface area contributed by atoms with Crippen molar-refractivity contribution in [2.45, 2.75) is 85.5 Å². The molecule has 0 spiro atoms. The molecule has 2 aromatic rings. The summed E-state index contributed by atoms with van der Waals surface area (Å²) in [6.45, 7) is 11.0. The zero-order valence-electron chi connectivity index (χ0n) is 20.0. The van der Waals surface area contributed by atoms with Crippen LogP contribution in [0.5, 0.6) is 17.2 Å². The first-order valence-electron chi connectivity index (χ1n) is 12.4. The summed E-state index contributed by atoms with van der Waals surface area (Å²) < 4.78 is 19.4. The predicted molar refractivity (Wildman–Crippen MR) is 130 cm³/mol. The lowest BCUT2D eigenvalue weighted by atomic mass is 9.94. The summed E-state index contributed by atoms with van der Waals surface area (Å²) in [6, 6.07) is 8.78. The molecule has 0 atom stereocenters. The molecule has 0 N–H and O–H groups in total. The molecule has 0 saturated heterocycles. The van der Waals surface area contributed by atoms with Gasteiger partial charge in [-0.15, -0.1) is 0 Å². The topological polar surface area (TPSA) is 27.7 Å². The number of rotatable bonds is 14. The Bertz CT molecular complexity index is 841. The van der Waals surface area contributed by atoms with Gasteiger partial charge in [0, 0.05) is 17.5 Å². The van der Waals surface area contributed by atoms with E-state index in [0.717, 1.165) is 75.0 Å². The third-order valence-electron chi connectivity index (χ3n) is 5.95. The molecule has 3 heteroatoms. The molecule has 0 amide bonds. The molecular formula is C28H40O3. The van der Waals surface area contributed by atoms with Crippen molar-refractivity contribution in [3.8, 4) is 28.4 Å². The van der Waals surface area contributed by atoms with E-state index in [2.05, 4.69) is 52.0 Å². The van der Waals surface area contributed by atoms with Gasteiger partial charge in [0.15, 0.2) is 11.5 Å². The molecular weight excluding hydrogens is 384 g/mol. The summed E-state index contributed by atoms with van der Waals surface area (Å²) in [5.74, 6) is 2.69. The van der Waals surface area contributed by atoms with Gasteiger partial charge in [0.25, 0.3) is 0 Å². The van der Waals surface area contributed by atoms with E-state index in [1.807, 2.05) is 0 Å². The molecule has 0 aliphatic heterocycles. The van der Waals surface area contributed by atoms with Crippen LogP contribution in [0.1, 0.15) is 89.3 Å². The molecule has 1 aliphatic rings. The van der Waals surface area contributed by atoms with Crippen LogP contribution in [0.3, 0.4) is 0 Å². The van der Waals surface area contributed by atoms with Crippen LogP contribution in [0, 0.1) is 0 Å². The van der Waals surface area contributed by atoms with Gasteiger partial charge in [-0.1, -0.05) is 77.6 Å². The maximum atomic E-state index is 6.47. The second-order valence-corrected chi connectivity index (χ2v) is 8.51. The number of unbranched alkanes of at least 4 members (excludes halogenated alkanes) is 3. The first kappa shape index (κ1) is 23.5. The molecule has 0 bridgehead atoms. The van der Waals surface area contributed by atoms with Gasteiger partial charge in [-0.05, 0) is 42.4 Å². The Labute approximate surface area is 189 Å². The molecule has 1 aliphatic carbocycles. The van der Waals surface area contributed by atoms with Crippen molar-refractivity contribution >= 4 is 0 Å². The lowest BCUT2D eigenvalue weighted by Gasteiger charge is -2.24. The van der Waals surface area contributed by atoms with Crippen molar-refractivity contribution in [1.29, 1.82) is 0 Å². The lowest BCUT2D eigenvalue weighted by molar-refractivity contribution is 0.235. The first-order valence-corrected chi connectivity index (χ1v) is 12.4. The van der Waals surface area contributed by atoms with E-state index in [1.54, 1.807) is 0 Å². The average Bonchev–Trinajstić information content (AvgIpc) is 3.16. The fraction of sp³-hybridized carbons (Fsp3) is 0.571. The van der Waals surface area contributed by atoms with E-state index in [4.69, 9.17) is 14.2 Å². The smallest absolute Gasteiger partial charge is 0.204 e. The largest absolute Gasteiger partial charge is 0.489 e. The molecule has 3 nitrogen and oxygen atoms in total. The SMILES string of the molecule is CCCCOc1c(CCC)c2c(c(OCCCC)c1OCCCC)Cc1ccccc1-2. The number of fused-ring (bicyclic) bond motifs is 3. The summed E-state index contributed by atoms with van der Waals surface area (Å²) in [5.41, 5.74) is 6.63. The van der Waals surface area contributed by atoms with Gasteiger partial charge in [-0.3, -0.25) is 0 Å². The van der Waals surface area contributed by atoms with Gasteiger partial charge in [-0.2, -0.15) is 0 Å². The van der Waals surface area contributed by atoms with E-state index in [-0.39, 0.29) is 0 Å². The van der Waals surface area contributed by atoms with Gasteiger partial charge in [0.2, 0.25) is 5.75 Å². The molecule has 2 aromatic carbocycles. The molecule has 0 heterocycles. The van der Waals surface area contributed by atoms with Crippen LogP contribution < -0.4 is 14.2 Å². The van der Waals surface area contributed by atoms with Crippen molar-refractivity contribution in [3.63, 3.8) is 0 Å². The minimum Gasteiger partial charge on any atom is -0.489 e. The normalized spacial score (nSPS) is 11.9. The minimum absolute atomic E-state index is 0.697.